The fourth-order valence-electron chi connectivity index (χ4n) is 3.32. The summed E-state index contributed by atoms with van der Waals surface area (Å²) in [6.45, 7) is 0.730. The molecule has 0 radical (unpaired) electrons. The molecule has 3 rings (SSSR count). The predicted molar refractivity (Wildman–Crippen MR) is 94.5 cm³/mol. The van der Waals surface area contributed by atoms with Crippen LogP contribution in [0.3, 0.4) is 0 Å². The van der Waals surface area contributed by atoms with E-state index in [1.807, 2.05) is 29.2 Å². The fraction of sp³-hybridized carbons (Fsp3) is 0.333. The largest absolute Gasteiger partial charge is 0.480 e. The highest BCUT2D eigenvalue weighted by atomic mass is 35.5. The molecule has 24 heavy (non-hydrogen) atoms. The third-order valence-electron chi connectivity index (χ3n) is 4.43. The summed E-state index contributed by atoms with van der Waals surface area (Å²) < 4.78 is 0. The van der Waals surface area contributed by atoms with Crippen LogP contribution in [0.15, 0.2) is 42.6 Å². The Labute approximate surface area is 151 Å². The molecule has 0 aliphatic carbocycles. The minimum Gasteiger partial charge on any atom is -0.480 e. The number of aliphatic carboxylic acids is 1. The van der Waals surface area contributed by atoms with E-state index in [4.69, 9.17) is 23.2 Å². The summed E-state index contributed by atoms with van der Waals surface area (Å²) in [5.74, 6) is -0.788. The average molecular weight is 365 g/mol. The van der Waals surface area contributed by atoms with Gasteiger partial charge in [-0.15, -0.1) is 0 Å². The molecule has 2 unspecified atom stereocenters. The lowest BCUT2D eigenvalue weighted by molar-refractivity contribution is -0.143. The van der Waals surface area contributed by atoms with Gasteiger partial charge in [0.25, 0.3) is 0 Å². The van der Waals surface area contributed by atoms with Crippen molar-refractivity contribution in [2.45, 2.75) is 31.3 Å². The van der Waals surface area contributed by atoms with Gasteiger partial charge in [-0.25, -0.2) is 0 Å². The van der Waals surface area contributed by atoms with Crippen molar-refractivity contribution in [2.24, 2.45) is 0 Å². The Morgan fingerprint density at radius 3 is 2.83 bits per heavy atom. The van der Waals surface area contributed by atoms with Crippen LogP contribution >= 0.6 is 23.2 Å². The van der Waals surface area contributed by atoms with Gasteiger partial charge in [-0.05, 0) is 49.2 Å². The zero-order valence-corrected chi connectivity index (χ0v) is 14.5. The number of nitrogens with zero attached hydrogens (tertiary/aromatic N) is 2. The second-order valence-corrected chi connectivity index (χ2v) is 6.78. The molecule has 0 spiro atoms. The van der Waals surface area contributed by atoms with Gasteiger partial charge in [0.05, 0.1) is 0 Å². The van der Waals surface area contributed by atoms with Gasteiger partial charge in [0.1, 0.15) is 6.04 Å². The molecular formula is C18H18Cl2N2O2. The molecule has 2 heterocycles. The first-order chi connectivity index (χ1) is 11.6. The molecule has 6 heteroatoms. The van der Waals surface area contributed by atoms with Crippen LogP contribution < -0.4 is 0 Å². The zero-order chi connectivity index (χ0) is 17.1. The summed E-state index contributed by atoms with van der Waals surface area (Å²) in [5.41, 5.74) is 1.80. The second kappa shape index (κ2) is 7.51. The highest BCUT2D eigenvalue weighted by molar-refractivity contribution is 6.35. The molecule has 1 aliphatic heterocycles. The van der Waals surface area contributed by atoms with Gasteiger partial charge >= 0.3 is 5.97 Å². The van der Waals surface area contributed by atoms with Crippen molar-refractivity contribution in [1.29, 1.82) is 0 Å². The van der Waals surface area contributed by atoms with Crippen LogP contribution in [0.1, 0.15) is 30.1 Å². The lowest BCUT2D eigenvalue weighted by Crippen LogP contribution is -2.39. The number of pyridine rings is 1. The molecule has 1 aliphatic rings. The van der Waals surface area contributed by atoms with Gasteiger partial charge in [0, 0.05) is 34.4 Å². The molecule has 1 N–H and O–H groups in total. The van der Waals surface area contributed by atoms with E-state index >= 15 is 0 Å². The molecule has 1 fully saturated rings. The van der Waals surface area contributed by atoms with E-state index in [1.54, 1.807) is 18.3 Å². The van der Waals surface area contributed by atoms with Crippen molar-refractivity contribution in [3.8, 4) is 0 Å². The number of rotatable bonds is 5. The Kier molecular flexibility index (Phi) is 5.39. The van der Waals surface area contributed by atoms with Gasteiger partial charge in [-0.1, -0.05) is 35.3 Å². The van der Waals surface area contributed by atoms with Crippen molar-refractivity contribution in [3.05, 3.63) is 63.9 Å². The smallest absolute Gasteiger partial charge is 0.320 e. The van der Waals surface area contributed by atoms with E-state index in [2.05, 4.69) is 4.98 Å². The van der Waals surface area contributed by atoms with Crippen molar-refractivity contribution in [2.75, 3.05) is 6.54 Å². The number of carboxylic acid groups (broad SMARTS) is 1. The fourth-order valence-corrected chi connectivity index (χ4v) is 3.86. The van der Waals surface area contributed by atoms with E-state index in [0.717, 1.165) is 24.2 Å². The van der Waals surface area contributed by atoms with Crippen LogP contribution in [0.5, 0.6) is 0 Å². The van der Waals surface area contributed by atoms with Crippen LogP contribution in [0.2, 0.25) is 10.0 Å². The number of halogens is 2. The Balaban J connectivity index is 1.98. The molecule has 1 aromatic heterocycles. The monoisotopic (exact) mass is 364 g/mol. The van der Waals surface area contributed by atoms with Crippen LogP contribution in [-0.2, 0) is 11.2 Å². The van der Waals surface area contributed by atoms with Crippen molar-refractivity contribution in [1.82, 2.24) is 9.88 Å². The molecule has 0 saturated carbocycles. The number of hydrogen-bond acceptors (Lipinski definition) is 3. The molecular weight excluding hydrogens is 347 g/mol. The van der Waals surface area contributed by atoms with Gasteiger partial charge in [0.2, 0.25) is 0 Å². The Hall–Kier alpha value is -1.62. The van der Waals surface area contributed by atoms with Gasteiger partial charge in [0.15, 0.2) is 0 Å². The number of likely N-dealkylation sites (tertiary alicyclic amines) is 1. The number of benzene rings is 1. The lowest BCUT2D eigenvalue weighted by atomic mass is 9.98. The van der Waals surface area contributed by atoms with Crippen LogP contribution in [0.25, 0.3) is 0 Å². The van der Waals surface area contributed by atoms with Gasteiger partial charge in [-0.3, -0.25) is 14.7 Å². The predicted octanol–water partition coefficient (Wildman–Crippen LogP) is 4.22. The van der Waals surface area contributed by atoms with Crippen molar-refractivity contribution >= 4 is 29.2 Å². The highest BCUT2D eigenvalue weighted by Crippen LogP contribution is 2.36. The minimum atomic E-state index is -0.788. The number of hydrogen-bond donors (Lipinski definition) is 1. The van der Waals surface area contributed by atoms with Crippen molar-refractivity contribution in [3.63, 3.8) is 0 Å². The van der Waals surface area contributed by atoms with E-state index < -0.39 is 12.0 Å². The van der Waals surface area contributed by atoms with E-state index in [-0.39, 0.29) is 6.04 Å². The van der Waals surface area contributed by atoms with Gasteiger partial charge in [-0.2, -0.15) is 0 Å². The van der Waals surface area contributed by atoms with Crippen LogP contribution in [-0.4, -0.2) is 33.5 Å². The summed E-state index contributed by atoms with van der Waals surface area (Å²) in [6, 6.07) is 10.5. The summed E-state index contributed by atoms with van der Waals surface area (Å²) >= 11 is 12.4. The first-order valence-corrected chi connectivity index (χ1v) is 8.65. The number of carbonyl (C=O) groups is 1. The maximum Gasteiger partial charge on any atom is 0.320 e. The maximum atomic E-state index is 11.6. The standard InChI is InChI=1S/C18H18Cl2N2O2/c19-12-6-7-14(15(20)10-12)17(11-13-4-1-2-8-21-13)22-9-3-5-16(22)18(23)24/h1-2,4,6-8,10,16-17H,3,5,9,11H2,(H,23,24). The van der Waals surface area contributed by atoms with E-state index in [9.17, 15) is 9.90 Å². The van der Waals surface area contributed by atoms with Crippen molar-refractivity contribution < 1.29 is 9.90 Å². The molecule has 0 amide bonds. The average Bonchev–Trinajstić information content (AvgIpc) is 3.04. The molecule has 0 bridgehead atoms. The lowest BCUT2D eigenvalue weighted by Gasteiger charge is -2.32. The Morgan fingerprint density at radius 1 is 1.33 bits per heavy atom. The minimum absolute atomic E-state index is 0.145. The SMILES string of the molecule is O=C(O)C1CCCN1C(Cc1ccccn1)c1ccc(Cl)cc1Cl. The first-order valence-electron chi connectivity index (χ1n) is 7.89. The molecule has 2 atom stereocenters. The summed E-state index contributed by atoms with van der Waals surface area (Å²) in [7, 11) is 0. The third kappa shape index (κ3) is 3.72. The number of aromatic nitrogens is 1. The van der Waals surface area contributed by atoms with Crippen LogP contribution in [0.4, 0.5) is 0 Å². The van der Waals surface area contributed by atoms with Gasteiger partial charge < -0.3 is 5.11 Å². The number of carboxylic acids is 1. The molecule has 1 saturated heterocycles. The summed E-state index contributed by atoms with van der Waals surface area (Å²) in [6.07, 6.45) is 3.86. The highest BCUT2D eigenvalue weighted by Gasteiger charge is 2.36. The Bertz CT molecular complexity index is 724. The third-order valence-corrected chi connectivity index (χ3v) is 4.99. The molecule has 1 aromatic carbocycles. The van der Waals surface area contributed by atoms with Crippen LogP contribution in [0, 0.1) is 0 Å². The van der Waals surface area contributed by atoms with E-state index in [0.29, 0.717) is 22.9 Å². The summed E-state index contributed by atoms with van der Waals surface area (Å²) in [4.78, 5) is 18.0. The normalized spacial score (nSPS) is 19.3. The maximum absolute atomic E-state index is 11.6. The first kappa shape index (κ1) is 17.2. The molecule has 2 aromatic rings. The topological polar surface area (TPSA) is 53.4 Å². The second-order valence-electron chi connectivity index (χ2n) is 5.94. The molecule has 126 valence electrons. The molecule has 4 nitrogen and oxygen atoms in total. The Morgan fingerprint density at radius 2 is 2.17 bits per heavy atom. The van der Waals surface area contributed by atoms with E-state index in [1.165, 1.54) is 0 Å². The summed E-state index contributed by atoms with van der Waals surface area (Å²) in [5, 5.41) is 10.7. The zero-order valence-electron chi connectivity index (χ0n) is 13.0. The quantitative estimate of drug-likeness (QED) is 0.862.